The number of benzene rings is 1. The van der Waals surface area contributed by atoms with E-state index < -0.39 is 11.7 Å². The van der Waals surface area contributed by atoms with Crippen molar-refractivity contribution in [2.45, 2.75) is 26.8 Å². The Balaban J connectivity index is 1.56. The lowest BCUT2D eigenvalue weighted by molar-refractivity contribution is -0.112. The number of hydrogen-bond acceptors (Lipinski definition) is 7. The van der Waals surface area contributed by atoms with Crippen molar-refractivity contribution in [1.82, 2.24) is 14.8 Å². The number of carbonyl (C=O) groups excluding carboxylic acids is 2. The van der Waals surface area contributed by atoms with E-state index in [1.807, 2.05) is 48.7 Å². The highest BCUT2D eigenvalue weighted by Crippen LogP contribution is 2.19. The van der Waals surface area contributed by atoms with Crippen LogP contribution in [-0.2, 0) is 22.5 Å². The SMILES string of the molecule is COCCn1c(C)cc(C(=O)C(=O)Nc2nnc(CCOc3ccccc3)s2)c1C. The molecule has 30 heavy (non-hydrogen) atoms. The number of amides is 1. The Morgan fingerprint density at radius 3 is 2.63 bits per heavy atom. The van der Waals surface area contributed by atoms with Gasteiger partial charge in [0, 0.05) is 37.0 Å². The Bertz CT molecular complexity index is 1010. The molecular formula is C21H24N4O4S. The average molecular weight is 429 g/mol. The van der Waals surface area contributed by atoms with Crippen LogP contribution in [0.5, 0.6) is 5.75 Å². The summed E-state index contributed by atoms with van der Waals surface area (Å²) >= 11 is 1.22. The van der Waals surface area contributed by atoms with E-state index in [-0.39, 0.29) is 5.13 Å². The fraction of sp³-hybridized carbons (Fsp3) is 0.333. The van der Waals surface area contributed by atoms with Crippen molar-refractivity contribution in [2.24, 2.45) is 0 Å². The van der Waals surface area contributed by atoms with Crippen molar-refractivity contribution in [2.75, 3.05) is 25.6 Å². The molecule has 0 atom stereocenters. The molecule has 0 radical (unpaired) electrons. The number of aryl methyl sites for hydroxylation is 1. The zero-order valence-corrected chi connectivity index (χ0v) is 18.0. The number of para-hydroxylation sites is 1. The first-order valence-electron chi connectivity index (χ1n) is 9.51. The minimum absolute atomic E-state index is 0.288. The molecule has 1 N–H and O–H groups in total. The molecule has 158 valence electrons. The van der Waals surface area contributed by atoms with Crippen LogP contribution < -0.4 is 10.1 Å². The molecule has 0 saturated carbocycles. The number of Topliss-reactive ketones (excluding diaryl/α,β-unsaturated/α-hetero) is 1. The maximum Gasteiger partial charge on any atom is 0.298 e. The summed E-state index contributed by atoms with van der Waals surface area (Å²) in [5.74, 6) is -0.551. The number of methoxy groups -OCH3 is 1. The van der Waals surface area contributed by atoms with Crippen molar-refractivity contribution in [3.8, 4) is 5.75 Å². The predicted octanol–water partition coefficient (Wildman–Crippen LogP) is 3.05. The van der Waals surface area contributed by atoms with Gasteiger partial charge in [0.05, 0.1) is 13.2 Å². The van der Waals surface area contributed by atoms with Gasteiger partial charge in [-0.2, -0.15) is 0 Å². The van der Waals surface area contributed by atoms with E-state index in [4.69, 9.17) is 9.47 Å². The summed E-state index contributed by atoms with van der Waals surface area (Å²) < 4.78 is 12.7. The number of ketones is 1. The molecule has 2 aromatic heterocycles. The number of rotatable bonds is 10. The van der Waals surface area contributed by atoms with Crippen molar-refractivity contribution < 1.29 is 19.1 Å². The van der Waals surface area contributed by atoms with E-state index >= 15 is 0 Å². The lowest BCUT2D eigenvalue weighted by Crippen LogP contribution is -2.23. The molecule has 0 fully saturated rings. The molecule has 0 aliphatic rings. The van der Waals surface area contributed by atoms with Gasteiger partial charge < -0.3 is 14.0 Å². The smallest absolute Gasteiger partial charge is 0.298 e. The number of nitrogens with one attached hydrogen (secondary N) is 1. The van der Waals surface area contributed by atoms with Gasteiger partial charge in [-0.15, -0.1) is 10.2 Å². The summed E-state index contributed by atoms with van der Waals surface area (Å²) in [5.41, 5.74) is 2.01. The van der Waals surface area contributed by atoms with Gasteiger partial charge in [0.1, 0.15) is 10.8 Å². The van der Waals surface area contributed by atoms with E-state index in [1.54, 1.807) is 13.2 Å². The van der Waals surface area contributed by atoms with Gasteiger partial charge in [0.15, 0.2) is 0 Å². The Labute approximate surface area is 178 Å². The van der Waals surface area contributed by atoms with Crippen LogP contribution in [0, 0.1) is 13.8 Å². The molecule has 0 saturated heterocycles. The molecule has 0 spiro atoms. The van der Waals surface area contributed by atoms with Crippen molar-refractivity contribution in [3.63, 3.8) is 0 Å². The van der Waals surface area contributed by atoms with Gasteiger partial charge in [-0.25, -0.2) is 0 Å². The van der Waals surface area contributed by atoms with Crippen LogP contribution in [0.25, 0.3) is 0 Å². The number of anilines is 1. The van der Waals surface area contributed by atoms with Crippen molar-refractivity contribution in [3.05, 3.63) is 58.4 Å². The maximum absolute atomic E-state index is 12.6. The first-order valence-corrected chi connectivity index (χ1v) is 10.3. The highest BCUT2D eigenvalue weighted by molar-refractivity contribution is 7.15. The Hall–Kier alpha value is -3.04. The summed E-state index contributed by atoms with van der Waals surface area (Å²) in [4.78, 5) is 25.1. The molecule has 0 aliphatic carbocycles. The van der Waals surface area contributed by atoms with Gasteiger partial charge in [0.2, 0.25) is 5.13 Å². The zero-order chi connectivity index (χ0) is 21.5. The van der Waals surface area contributed by atoms with Crippen LogP contribution in [0.1, 0.15) is 26.8 Å². The van der Waals surface area contributed by atoms with Crippen molar-refractivity contribution in [1.29, 1.82) is 0 Å². The molecule has 1 aromatic carbocycles. The van der Waals surface area contributed by atoms with Crippen LogP contribution in [0.4, 0.5) is 5.13 Å². The average Bonchev–Trinajstić information content (AvgIpc) is 3.30. The lowest BCUT2D eigenvalue weighted by Gasteiger charge is -2.08. The molecule has 1 amide bonds. The van der Waals surface area contributed by atoms with Crippen molar-refractivity contribution >= 4 is 28.2 Å². The quantitative estimate of drug-likeness (QED) is 0.394. The number of ether oxygens (including phenoxy) is 2. The zero-order valence-electron chi connectivity index (χ0n) is 17.2. The lowest BCUT2D eigenvalue weighted by atomic mass is 10.1. The summed E-state index contributed by atoms with van der Waals surface area (Å²) in [5, 5.41) is 11.5. The van der Waals surface area contributed by atoms with E-state index in [0.29, 0.717) is 36.8 Å². The Morgan fingerprint density at radius 2 is 1.90 bits per heavy atom. The highest BCUT2D eigenvalue weighted by atomic mass is 32.1. The molecule has 9 heteroatoms. The van der Waals surface area contributed by atoms with E-state index in [0.717, 1.165) is 17.1 Å². The minimum atomic E-state index is -0.731. The largest absolute Gasteiger partial charge is 0.493 e. The second-order valence-electron chi connectivity index (χ2n) is 6.62. The van der Waals surface area contributed by atoms with Gasteiger partial charge in [0.25, 0.3) is 11.7 Å². The molecule has 3 rings (SSSR count). The van der Waals surface area contributed by atoms with Gasteiger partial charge in [-0.1, -0.05) is 29.5 Å². The monoisotopic (exact) mass is 428 g/mol. The summed E-state index contributed by atoms with van der Waals surface area (Å²) in [6.45, 7) is 5.30. The topological polar surface area (TPSA) is 95.3 Å². The van der Waals surface area contributed by atoms with E-state index in [2.05, 4.69) is 15.5 Å². The molecule has 0 aliphatic heterocycles. The summed E-state index contributed by atoms with van der Waals surface area (Å²) in [6.07, 6.45) is 0.553. The second-order valence-corrected chi connectivity index (χ2v) is 7.69. The highest BCUT2D eigenvalue weighted by Gasteiger charge is 2.23. The van der Waals surface area contributed by atoms with Gasteiger partial charge >= 0.3 is 0 Å². The van der Waals surface area contributed by atoms with Crippen LogP contribution in [-0.4, -0.2) is 46.8 Å². The predicted molar refractivity (Wildman–Crippen MR) is 114 cm³/mol. The molecule has 8 nitrogen and oxygen atoms in total. The third kappa shape index (κ3) is 5.31. The standard InChI is InChI=1S/C21H24N4O4S/c1-14-13-17(15(2)25(14)10-12-28-3)19(26)20(27)22-21-24-23-18(30-21)9-11-29-16-7-5-4-6-8-16/h4-8,13H,9-12H2,1-3H3,(H,22,24,27). The third-order valence-electron chi connectivity index (χ3n) is 4.56. The number of nitrogens with zero attached hydrogens (tertiary/aromatic N) is 3. The first kappa shape index (κ1) is 21.7. The number of aromatic nitrogens is 3. The first-order chi connectivity index (χ1) is 14.5. The third-order valence-corrected chi connectivity index (χ3v) is 5.46. The molecule has 0 unspecified atom stereocenters. The molecule has 2 heterocycles. The molecule has 3 aromatic rings. The normalized spacial score (nSPS) is 10.8. The Morgan fingerprint density at radius 1 is 1.13 bits per heavy atom. The fourth-order valence-electron chi connectivity index (χ4n) is 3.01. The number of carbonyl (C=O) groups is 2. The van der Waals surface area contributed by atoms with Crippen LogP contribution in [0.2, 0.25) is 0 Å². The summed E-state index contributed by atoms with van der Waals surface area (Å²) in [7, 11) is 1.62. The van der Waals surface area contributed by atoms with E-state index in [9.17, 15) is 9.59 Å². The second kappa shape index (κ2) is 10.1. The number of hydrogen-bond donors (Lipinski definition) is 1. The van der Waals surface area contributed by atoms with Crippen LogP contribution in [0.15, 0.2) is 36.4 Å². The van der Waals surface area contributed by atoms with E-state index in [1.165, 1.54) is 11.3 Å². The summed E-state index contributed by atoms with van der Waals surface area (Å²) in [6, 6.07) is 11.2. The maximum atomic E-state index is 12.6. The van der Waals surface area contributed by atoms with Gasteiger partial charge in [-0.3, -0.25) is 14.9 Å². The Kier molecular flexibility index (Phi) is 7.31. The molecular weight excluding hydrogens is 404 g/mol. The fourth-order valence-corrected chi connectivity index (χ4v) is 3.73. The van der Waals surface area contributed by atoms with Gasteiger partial charge in [-0.05, 0) is 32.0 Å². The minimum Gasteiger partial charge on any atom is -0.493 e. The van der Waals surface area contributed by atoms with Crippen LogP contribution in [0.3, 0.4) is 0 Å². The van der Waals surface area contributed by atoms with Crippen LogP contribution >= 0.6 is 11.3 Å². The molecule has 0 bridgehead atoms.